The van der Waals surface area contributed by atoms with Gasteiger partial charge in [0.25, 0.3) is 0 Å². The van der Waals surface area contributed by atoms with Crippen molar-refractivity contribution in [2.75, 3.05) is 36.9 Å². The van der Waals surface area contributed by atoms with E-state index >= 15 is 0 Å². The number of hydrogen-bond acceptors (Lipinski definition) is 8. The van der Waals surface area contributed by atoms with Crippen molar-refractivity contribution in [2.24, 2.45) is 5.92 Å². The van der Waals surface area contributed by atoms with E-state index < -0.39 is 0 Å². The van der Waals surface area contributed by atoms with E-state index in [1.807, 2.05) is 6.07 Å². The molecule has 3 aromatic rings. The fraction of sp³-hybridized carbons (Fsp3) is 0.478. The van der Waals surface area contributed by atoms with Gasteiger partial charge in [0, 0.05) is 49.1 Å². The molecule has 0 atom stereocenters. The number of nitrogen functional groups attached to an aromatic ring is 1. The number of benzene rings is 1. The number of aromatic nitrogens is 4. The largest absolute Gasteiger partial charge is 0.488 e. The zero-order valence-electron chi connectivity index (χ0n) is 17.6. The lowest BCUT2D eigenvalue weighted by molar-refractivity contribution is 0.122. The molecule has 1 saturated heterocycles. The lowest BCUT2D eigenvalue weighted by Gasteiger charge is -2.31. The minimum absolute atomic E-state index is 0.192. The molecular formula is C23H28N6O2. The van der Waals surface area contributed by atoms with Gasteiger partial charge in [0.05, 0.1) is 24.8 Å². The van der Waals surface area contributed by atoms with Crippen LogP contribution in [0.4, 0.5) is 11.6 Å². The zero-order chi connectivity index (χ0) is 21.0. The van der Waals surface area contributed by atoms with E-state index in [4.69, 9.17) is 15.2 Å². The van der Waals surface area contributed by atoms with Crippen LogP contribution in [0.5, 0.6) is 5.75 Å². The van der Waals surface area contributed by atoms with Gasteiger partial charge in [0.2, 0.25) is 5.95 Å². The fourth-order valence-electron chi connectivity index (χ4n) is 4.58. The normalized spacial score (nSPS) is 21.9. The molecule has 0 radical (unpaired) electrons. The van der Waals surface area contributed by atoms with Crippen molar-refractivity contribution in [3.8, 4) is 5.75 Å². The highest BCUT2D eigenvalue weighted by Crippen LogP contribution is 2.34. The quantitative estimate of drug-likeness (QED) is 0.672. The third-order valence-electron chi connectivity index (χ3n) is 6.22. The van der Waals surface area contributed by atoms with Crippen molar-refractivity contribution >= 4 is 22.7 Å². The third kappa shape index (κ3) is 4.69. The van der Waals surface area contributed by atoms with Crippen LogP contribution < -0.4 is 15.4 Å². The zero-order valence-corrected chi connectivity index (χ0v) is 17.6. The van der Waals surface area contributed by atoms with Crippen molar-refractivity contribution in [3.05, 3.63) is 42.5 Å². The predicted octanol–water partition coefficient (Wildman–Crippen LogP) is 3.02. The SMILES string of the molecule is Nc1nccc(CC2CCC(Oc3cc(N4CCOCC4)cc4nccnc34)CC2)n1. The van der Waals surface area contributed by atoms with E-state index in [0.717, 1.165) is 86.6 Å². The van der Waals surface area contributed by atoms with E-state index in [9.17, 15) is 0 Å². The van der Waals surface area contributed by atoms with Gasteiger partial charge in [0.1, 0.15) is 11.3 Å². The van der Waals surface area contributed by atoms with E-state index in [0.29, 0.717) is 11.9 Å². The first-order valence-corrected chi connectivity index (χ1v) is 11.1. The molecule has 2 fully saturated rings. The summed E-state index contributed by atoms with van der Waals surface area (Å²) in [5.41, 5.74) is 9.57. The second kappa shape index (κ2) is 9.01. The van der Waals surface area contributed by atoms with Gasteiger partial charge in [-0.15, -0.1) is 0 Å². The van der Waals surface area contributed by atoms with Crippen molar-refractivity contribution in [1.82, 2.24) is 19.9 Å². The summed E-state index contributed by atoms with van der Waals surface area (Å²) in [7, 11) is 0. The van der Waals surface area contributed by atoms with Gasteiger partial charge in [-0.1, -0.05) is 0 Å². The Hall–Kier alpha value is -3.00. The summed E-state index contributed by atoms with van der Waals surface area (Å²) in [4.78, 5) is 19.7. The maximum Gasteiger partial charge on any atom is 0.220 e. The lowest BCUT2D eigenvalue weighted by Crippen LogP contribution is -2.36. The van der Waals surface area contributed by atoms with Gasteiger partial charge in [-0.2, -0.15) is 0 Å². The number of rotatable bonds is 5. The molecule has 162 valence electrons. The summed E-state index contributed by atoms with van der Waals surface area (Å²) in [6, 6.07) is 6.18. The Labute approximate surface area is 181 Å². The molecular weight excluding hydrogens is 392 g/mol. The topological polar surface area (TPSA) is 99.3 Å². The molecule has 3 heterocycles. The highest BCUT2D eigenvalue weighted by Gasteiger charge is 2.24. The Morgan fingerprint density at radius 1 is 1.00 bits per heavy atom. The molecule has 1 aliphatic carbocycles. The average Bonchev–Trinajstić information content (AvgIpc) is 2.81. The minimum atomic E-state index is 0.192. The summed E-state index contributed by atoms with van der Waals surface area (Å²) >= 11 is 0. The molecule has 0 bridgehead atoms. The summed E-state index contributed by atoms with van der Waals surface area (Å²) < 4.78 is 12.0. The molecule has 2 N–H and O–H groups in total. The first-order chi connectivity index (χ1) is 15.2. The van der Waals surface area contributed by atoms with E-state index in [2.05, 4.69) is 37.0 Å². The van der Waals surface area contributed by atoms with Crippen molar-refractivity contribution in [1.29, 1.82) is 0 Å². The highest BCUT2D eigenvalue weighted by atomic mass is 16.5. The second-order valence-electron chi connectivity index (χ2n) is 8.34. The average molecular weight is 421 g/mol. The maximum absolute atomic E-state index is 6.51. The predicted molar refractivity (Wildman–Crippen MR) is 119 cm³/mol. The molecule has 5 rings (SSSR count). The molecule has 1 saturated carbocycles. The van der Waals surface area contributed by atoms with Gasteiger partial charge < -0.3 is 20.1 Å². The number of nitrogens with two attached hydrogens (primary N) is 1. The first kappa shape index (κ1) is 19.9. The van der Waals surface area contributed by atoms with E-state index in [-0.39, 0.29) is 6.10 Å². The Morgan fingerprint density at radius 3 is 2.61 bits per heavy atom. The minimum Gasteiger partial charge on any atom is -0.488 e. The standard InChI is InChI=1S/C23H28N6O2/c24-23-27-6-5-17(28-23)13-16-1-3-19(4-2-16)31-21-15-18(29-9-11-30-12-10-29)14-20-22(21)26-8-7-25-20/h5-8,14-16,19H,1-4,9-13H2,(H2,24,27,28). The molecule has 0 amide bonds. The maximum atomic E-state index is 6.51. The van der Waals surface area contributed by atoms with Crippen LogP contribution >= 0.6 is 0 Å². The van der Waals surface area contributed by atoms with E-state index in [1.165, 1.54) is 0 Å². The van der Waals surface area contributed by atoms with Crippen LogP contribution in [0, 0.1) is 5.92 Å². The van der Waals surface area contributed by atoms with Crippen LogP contribution in [0.15, 0.2) is 36.8 Å². The molecule has 31 heavy (non-hydrogen) atoms. The summed E-state index contributed by atoms with van der Waals surface area (Å²) in [5, 5.41) is 0. The highest BCUT2D eigenvalue weighted by molar-refractivity contribution is 5.85. The monoisotopic (exact) mass is 420 g/mol. The number of ether oxygens (including phenoxy) is 2. The molecule has 0 spiro atoms. The fourth-order valence-corrected chi connectivity index (χ4v) is 4.58. The summed E-state index contributed by atoms with van der Waals surface area (Å²) in [5.74, 6) is 1.78. The third-order valence-corrected chi connectivity index (χ3v) is 6.22. The molecule has 8 nitrogen and oxygen atoms in total. The Kier molecular flexibility index (Phi) is 5.80. The Balaban J connectivity index is 1.28. The Bertz CT molecular complexity index is 1030. The number of hydrogen-bond donors (Lipinski definition) is 1. The van der Waals surface area contributed by atoms with Crippen LogP contribution in [0.3, 0.4) is 0 Å². The smallest absolute Gasteiger partial charge is 0.220 e. The number of anilines is 2. The van der Waals surface area contributed by atoms with Gasteiger partial charge >= 0.3 is 0 Å². The summed E-state index contributed by atoms with van der Waals surface area (Å²) in [6.07, 6.45) is 10.6. The number of nitrogens with zero attached hydrogens (tertiary/aromatic N) is 5. The first-order valence-electron chi connectivity index (χ1n) is 11.1. The molecule has 2 aromatic heterocycles. The van der Waals surface area contributed by atoms with Gasteiger partial charge in [-0.05, 0) is 50.2 Å². The van der Waals surface area contributed by atoms with Crippen molar-refractivity contribution in [3.63, 3.8) is 0 Å². The summed E-state index contributed by atoms with van der Waals surface area (Å²) in [6.45, 7) is 3.25. The molecule has 1 aromatic carbocycles. The van der Waals surface area contributed by atoms with Gasteiger partial charge in [-0.25, -0.2) is 15.0 Å². The molecule has 0 unspecified atom stereocenters. The molecule has 1 aliphatic heterocycles. The lowest BCUT2D eigenvalue weighted by atomic mass is 9.84. The molecule has 8 heteroatoms. The van der Waals surface area contributed by atoms with Crippen molar-refractivity contribution in [2.45, 2.75) is 38.2 Å². The van der Waals surface area contributed by atoms with Crippen LogP contribution in [-0.2, 0) is 11.2 Å². The second-order valence-corrected chi connectivity index (χ2v) is 8.34. The van der Waals surface area contributed by atoms with Crippen LogP contribution in [0.1, 0.15) is 31.4 Å². The van der Waals surface area contributed by atoms with Gasteiger partial charge in [-0.3, -0.25) is 4.98 Å². The molecule has 2 aliphatic rings. The number of morpholine rings is 1. The van der Waals surface area contributed by atoms with Crippen molar-refractivity contribution < 1.29 is 9.47 Å². The van der Waals surface area contributed by atoms with Gasteiger partial charge in [0.15, 0.2) is 0 Å². The van der Waals surface area contributed by atoms with E-state index in [1.54, 1.807) is 18.6 Å². The van der Waals surface area contributed by atoms with Crippen LogP contribution in [0.25, 0.3) is 11.0 Å². The van der Waals surface area contributed by atoms with Crippen LogP contribution in [0.2, 0.25) is 0 Å². The number of fused-ring (bicyclic) bond motifs is 1. The van der Waals surface area contributed by atoms with Crippen LogP contribution in [-0.4, -0.2) is 52.3 Å². The Morgan fingerprint density at radius 2 is 1.81 bits per heavy atom.